The van der Waals surface area contributed by atoms with E-state index in [-0.39, 0.29) is 5.41 Å². The van der Waals surface area contributed by atoms with Gasteiger partial charge in [0.25, 0.3) is 0 Å². The van der Waals surface area contributed by atoms with E-state index in [9.17, 15) is 0 Å². The molecule has 0 aromatic carbocycles. The highest BCUT2D eigenvalue weighted by molar-refractivity contribution is 5.13. The molecule has 1 aliphatic rings. The number of unbranched alkanes of at least 4 members (excludes halogenated alkanes) is 1. The van der Waals surface area contributed by atoms with Crippen molar-refractivity contribution < 1.29 is 4.74 Å². The van der Waals surface area contributed by atoms with Crippen LogP contribution >= 0.6 is 0 Å². The van der Waals surface area contributed by atoms with Crippen LogP contribution in [0.2, 0.25) is 0 Å². The van der Waals surface area contributed by atoms with Gasteiger partial charge >= 0.3 is 0 Å². The van der Waals surface area contributed by atoms with Crippen molar-refractivity contribution in [1.82, 2.24) is 0 Å². The second-order valence-electron chi connectivity index (χ2n) is 8.59. The number of hydrogen-bond donors (Lipinski definition) is 0. The Balaban J connectivity index is 0.000000547. The largest absolute Gasteiger partial charge is 0.381 e. The molecule has 0 amide bonds. The highest BCUT2D eigenvalue weighted by atomic mass is 16.5. The van der Waals surface area contributed by atoms with Gasteiger partial charge in [-0.1, -0.05) is 54.4 Å². The van der Waals surface area contributed by atoms with Crippen molar-refractivity contribution in [2.45, 2.75) is 93.4 Å². The molecule has 0 N–H and O–H groups in total. The summed E-state index contributed by atoms with van der Waals surface area (Å²) in [7, 11) is 0. The minimum Gasteiger partial charge on any atom is -0.381 e. The summed E-state index contributed by atoms with van der Waals surface area (Å²) in [6, 6.07) is 0. The van der Waals surface area contributed by atoms with Crippen LogP contribution in [0.3, 0.4) is 0 Å². The maximum atomic E-state index is 5.47. The van der Waals surface area contributed by atoms with Crippen LogP contribution in [-0.2, 0) is 4.74 Å². The average Bonchev–Trinajstić information content (AvgIpc) is 2.52. The first-order valence-electron chi connectivity index (χ1n) is 10.3. The highest BCUT2D eigenvalue weighted by Gasteiger charge is 2.31. The first-order valence-corrected chi connectivity index (χ1v) is 10.3. The van der Waals surface area contributed by atoms with Gasteiger partial charge in [-0.3, -0.25) is 0 Å². The first kappa shape index (κ1) is 24.1. The summed E-state index contributed by atoms with van der Waals surface area (Å²) < 4.78 is 5.47. The fourth-order valence-electron chi connectivity index (χ4n) is 2.86. The predicted octanol–water partition coefficient (Wildman–Crippen LogP) is 6.71. The Morgan fingerprint density at radius 2 is 1.36 bits per heavy atom. The van der Waals surface area contributed by atoms with Crippen molar-refractivity contribution in [1.29, 1.82) is 0 Å². The van der Waals surface area contributed by atoms with E-state index in [1.807, 2.05) is 0 Å². The SMILES string of the molecule is CC(C)CC#CC1(CC(C)C)CCOCC1.CCCC#CCC(C)C. The zero-order valence-electron chi connectivity index (χ0n) is 18.0. The summed E-state index contributed by atoms with van der Waals surface area (Å²) in [6.07, 6.45) is 7.80. The average molecular weight is 347 g/mol. The number of ether oxygens (including phenoxy) is 1. The smallest absolute Gasteiger partial charge is 0.0480 e. The number of rotatable bonds is 5. The van der Waals surface area contributed by atoms with E-state index in [0.29, 0.717) is 5.92 Å². The molecule has 1 rings (SSSR count). The van der Waals surface area contributed by atoms with Crippen molar-refractivity contribution in [3.05, 3.63) is 0 Å². The van der Waals surface area contributed by atoms with E-state index < -0.39 is 0 Å². The van der Waals surface area contributed by atoms with Gasteiger partial charge in [-0.15, -0.1) is 17.8 Å². The molecule has 0 spiro atoms. The Hall–Kier alpha value is -0.920. The molecule has 0 atom stereocenters. The van der Waals surface area contributed by atoms with E-state index in [1.54, 1.807) is 0 Å². The van der Waals surface area contributed by atoms with E-state index in [1.165, 1.54) is 12.8 Å². The summed E-state index contributed by atoms with van der Waals surface area (Å²) in [6.45, 7) is 17.4. The molecule has 1 heteroatoms. The molecule has 1 nitrogen and oxygen atoms in total. The third-order valence-corrected chi connectivity index (χ3v) is 4.12. The van der Waals surface area contributed by atoms with Crippen molar-refractivity contribution in [3.63, 3.8) is 0 Å². The van der Waals surface area contributed by atoms with Crippen LogP contribution in [0.25, 0.3) is 0 Å². The number of hydrogen-bond acceptors (Lipinski definition) is 1. The van der Waals surface area contributed by atoms with Crippen LogP contribution in [0.5, 0.6) is 0 Å². The van der Waals surface area contributed by atoms with Crippen LogP contribution in [0.1, 0.15) is 93.4 Å². The molecule has 0 aliphatic carbocycles. The van der Waals surface area contributed by atoms with Gasteiger partial charge in [-0.25, -0.2) is 0 Å². The van der Waals surface area contributed by atoms with Crippen LogP contribution in [0.15, 0.2) is 0 Å². The summed E-state index contributed by atoms with van der Waals surface area (Å²) in [5.74, 6) is 15.4. The Morgan fingerprint density at radius 3 is 1.84 bits per heavy atom. The van der Waals surface area contributed by atoms with Gasteiger partial charge in [-0.2, -0.15) is 0 Å². The Labute approximate surface area is 158 Å². The van der Waals surface area contributed by atoms with Crippen molar-refractivity contribution in [3.8, 4) is 23.7 Å². The summed E-state index contributed by atoms with van der Waals surface area (Å²) >= 11 is 0. The zero-order chi connectivity index (χ0) is 19.1. The van der Waals surface area contributed by atoms with E-state index in [0.717, 1.165) is 57.2 Å². The summed E-state index contributed by atoms with van der Waals surface area (Å²) in [5, 5.41) is 0. The second kappa shape index (κ2) is 14.3. The van der Waals surface area contributed by atoms with Gasteiger partial charge in [-0.05, 0) is 43.4 Å². The lowest BCUT2D eigenvalue weighted by Gasteiger charge is -2.34. The van der Waals surface area contributed by atoms with Gasteiger partial charge in [0, 0.05) is 37.9 Å². The third kappa shape index (κ3) is 14.0. The standard InChI is InChI=1S/C15H26O.C9H16/c1-13(2)6-5-7-15(12-14(3)4)8-10-16-11-9-15;1-4-5-6-7-8-9(2)3/h13-14H,6,8-12H2,1-4H3;9H,4-5,8H2,1-3H3. The van der Waals surface area contributed by atoms with E-state index >= 15 is 0 Å². The molecule has 1 saturated heterocycles. The molecule has 1 aliphatic heterocycles. The first-order chi connectivity index (χ1) is 11.8. The lowest BCUT2D eigenvalue weighted by molar-refractivity contribution is 0.0328. The molecule has 144 valence electrons. The maximum Gasteiger partial charge on any atom is 0.0480 e. The molecule has 0 saturated carbocycles. The van der Waals surface area contributed by atoms with Crippen molar-refractivity contribution in [2.75, 3.05) is 13.2 Å². The lowest BCUT2D eigenvalue weighted by atomic mass is 9.74. The van der Waals surface area contributed by atoms with E-state index in [4.69, 9.17) is 4.74 Å². The van der Waals surface area contributed by atoms with Gasteiger partial charge in [0.2, 0.25) is 0 Å². The molecule has 1 fully saturated rings. The van der Waals surface area contributed by atoms with Crippen molar-refractivity contribution in [2.24, 2.45) is 23.2 Å². The molecule has 0 aromatic heterocycles. The quantitative estimate of drug-likeness (QED) is 0.502. The van der Waals surface area contributed by atoms with Crippen LogP contribution < -0.4 is 0 Å². The normalized spacial score (nSPS) is 15.8. The lowest BCUT2D eigenvalue weighted by Crippen LogP contribution is -2.29. The van der Waals surface area contributed by atoms with Crippen LogP contribution in [-0.4, -0.2) is 13.2 Å². The Morgan fingerprint density at radius 1 is 0.800 bits per heavy atom. The molecular weight excluding hydrogens is 304 g/mol. The molecular formula is C24H42O. The summed E-state index contributed by atoms with van der Waals surface area (Å²) in [5.41, 5.74) is 0.251. The fourth-order valence-corrected chi connectivity index (χ4v) is 2.86. The Kier molecular flexibility index (Phi) is 13.7. The van der Waals surface area contributed by atoms with Gasteiger partial charge in [0.1, 0.15) is 0 Å². The second-order valence-corrected chi connectivity index (χ2v) is 8.59. The monoisotopic (exact) mass is 346 g/mol. The van der Waals surface area contributed by atoms with Crippen LogP contribution in [0.4, 0.5) is 0 Å². The minimum absolute atomic E-state index is 0.251. The molecule has 1 heterocycles. The molecule has 0 aromatic rings. The Bertz CT molecular complexity index is 430. The molecule has 0 bridgehead atoms. The zero-order valence-corrected chi connectivity index (χ0v) is 18.0. The van der Waals surface area contributed by atoms with Gasteiger partial charge in [0.05, 0.1) is 0 Å². The predicted molar refractivity (Wildman–Crippen MR) is 111 cm³/mol. The third-order valence-electron chi connectivity index (χ3n) is 4.12. The highest BCUT2D eigenvalue weighted by Crippen LogP contribution is 2.36. The fraction of sp³-hybridized carbons (Fsp3) is 0.833. The van der Waals surface area contributed by atoms with E-state index in [2.05, 4.69) is 72.1 Å². The maximum absolute atomic E-state index is 5.47. The molecule has 0 unspecified atom stereocenters. The molecule has 0 radical (unpaired) electrons. The summed E-state index contributed by atoms with van der Waals surface area (Å²) in [4.78, 5) is 0. The minimum atomic E-state index is 0.251. The van der Waals surface area contributed by atoms with Gasteiger partial charge < -0.3 is 4.74 Å². The van der Waals surface area contributed by atoms with Crippen LogP contribution in [0, 0.1) is 46.9 Å². The van der Waals surface area contributed by atoms with Gasteiger partial charge in [0.15, 0.2) is 0 Å². The van der Waals surface area contributed by atoms with Crippen molar-refractivity contribution >= 4 is 0 Å². The molecule has 25 heavy (non-hydrogen) atoms. The topological polar surface area (TPSA) is 9.23 Å².